The zero-order chi connectivity index (χ0) is 12.4. The Morgan fingerprint density at radius 1 is 1.22 bits per heavy atom. The third-order valence-corrected chi connectivity index (χ3v) is 3.95. The quantitative estimate of drug-likeness (QED) is 0.716. The summed E-state index contributed by atoms with van der Waals surface area (Å²) in [5, 5.41) is 19.3. The summed E-state index contributed by atoms with van der Waals surface area (Å²) < 4.78 is 2.05. The zero-order valence-corrected chi connectivity index (χ0v) is 12.7. The van der Waals surface area contributed by atoms with Crippen LogP contribution in [0, 0.1) is 13.8 Å². The first-order valence-electron chi connectivity index (χ1n) is 5.49. The van der Waals surface area contributed by atoms with Crippen molar-refractivity contribution >= 4 is 11.3 Å². The second kappa shape index (κ2) is 6.31. The lowest BCUT2D eigenvalue weighted by atomic mass is 10.1. The Labute approximate surface area is 121 Å². The summed E-state index contributed by atoms with van der Waals surface area (Å²) in [6.45, 7) is 4.67. The van der Waals surface area contributed by atoms with Gasteiger partial charge < -0.3 is 27.2 Å². The monoisotopic (exact) mass is 329 g/mol. The van der Waals surface area contributed by atoms with Crippen molar-refractivity contribution in [3.8, 4) is 5.75 Å². The first kappa shape index (κ1) is 15.1. The van der Waals surface area contributed by atoms with Crippen LogP contribution in [0.1, 0.15) is 22.2 Å². The fraction of sp³-hybridized carbons (Fsp3) is 0.308. The van der Waals surface area contributed by atoms with Crippen LogP contribution >= 0.6 is 11.3 Å². The van der Waals surface area contributed by atoms with Crippen LogP contribution in [0.3, 0.4) is 0 Å². The van der Waals surface area contributed by atoms with Crippen LogP contribution in [0.25, 0.3) is 0 Å². The number of aryl methyl sites for hydroxylation is 1. The summed E-state index contributed by atoms with van der Waals surface area (Å²) in [7, 11) is 0. The van der Waals surface area contributed by atoms with Crippen molar-refractivity contribution in [2.45, 2.75) is 26.5 Å². The second-order valence-electron chi connectivity index (χ2n) is 4.12. The van der Waals surface area contributed by atoms with Gasteiger partial charge in [0.2, 0.25) is 5.51 Å². The van der Waals surface area contributed by atoms with Crippen molar-refractivity contribution in [1.29, 1.82) is 0 Å². The van der Waals surface area contributed by atoms with Gasteiger partial charge in [0.05, 0.1) is 4.88 Å². The van der Waals surface area contributed by atoms with Crippen molar-refractivity contribution in [1.82, 2.24) is 0 Å². The first-order valence-corrected chi connectivity index (χ1v) is 6.37. The van der Waals surface area contributed by atoms with Crippen LogP contribution in [0.4, 0.5) is 0 Å². The molecule has 1 unspecified atom stereocenters. The van der Waals surface area contributed by atoms with Gasteiger partial charge in [0.15, 0.2) is 12.2 Å². The van der Waals surface area contributed by atoms with Gasteiger partial charge in [-0.15, -0.1) is 0 Å². The summed E-state index contributed by atoms with van der Waals surface area (Å²) in [5.74, 6) is 0.219. The summed E-state index contributed by atoms with van der Waals surface area (Å²) in [6.07, 6.45) is -0.548. The number of phenols is 1. The Balaban J connectivity index is 0.00000162. The van der Waals surface area contributed by atoms with Crippen molar-refractivity contribution in [2.24, 2.45) is 0 Å². The van der Waals surface area contributed by atoms with E-state index in [1.165, 1.54) is 10.6 Å². The molecule has 98 valence electrons. The molecule has 1 atom stereocenters. The fourth-order valence-electron chi connectivity index (χ4n) is 1.68. The smallest absolute Gasteiger partial charge is 0.225 e. The van der Waals surface area contributed by atoms with E-state index in [-0.39, 0.29) is 22.7 Å². The number of hydrogen-bond donors (Lipinski definition) is 2. The lowest BCUT2D eigenvalue weighted by Gasteiger charge is -2.07. The standard InChI is InChI=1S/C13H15NO2S.BrH/c1-9-10(2)17-8-14(9)7-13(16)11-3-5-12(15)6-4-11;/h3-6,8,13,16H,7H2,1-2H3;1H. The van der Waals surface area contributed by atoms with E-state index in [1.54, 1.807) is 35.6 Å². The lowest BCUT2D eigenvalue weighted by molar-refractivity contribution is -0.706. The van der Waals surface area contributed by atoms with E-state index < -0.39 is 6.10 Å². The van der Waals surface area contributed by atoms with Crippen LogP contribution in [0.15, 0.2) is 29.8 Å². The van der Waals surface area contributed by atoms with Crippen molar-refractivity contribution in [2.75, 3.05) is 0 Å². The predicted molar refractivity (Wildman–Crippen MR) is 67.1 cm³/mol. The molecule has 18 heavy (non-hydrogen) atoms. The molecule has 0 radical (unpaired) electrons. The third-order valence-electron chi connectivity index (χ3n) is 2.94. The van der Waals surface area contributed by atoms with E-state index in [2.05, 4.69) is 18.4 Å². The number of rotatable bonds is 3. The topological polar surface area (TPSA) is 44.3 Å². The number of hydrogen-bond acceptors (Lipinski definition) is 3. The summed E-state index contributed by atoms with van der Waals surface area (Å²) in [5.41, 5.74) is 4.03. The molecule has 0 amide bonds. The molecule has 1 heterocycles. The van der Waals surface area contributed by atoms with Crippen molar-refractivity contribution < 1.29 is 31.8 Å². The van der Waals surface area contributed by atoms with Gasteiger partial charge in [-0.3, -0.25) is 0 Å². The van der Waals surface area contributed by atoms with Crippen LogP contribution < -0.4 is 21.5 Å². The molecule has 2 N–H and O–H groups in total. The largest absolute Gasteiger partial charge is 1.00 e. The molecular weight excluding hydrogens is 314 g/mol. The number of phenolic OH excluding ortho intramolecular Hbond substituents is 1. The number of benzene rings is 1. The van der Waals surface area contributed by atoms with E-state index in [1.807, 2.05) is 5.51 Å². The number of thiazole rings is 1. The molecule has 1 aromatic carbocycles. The van der Waals surface area contributed by atoms with Gasteiger partial charge in [0, 0.05) is 6.92 Å². The highest BCUT2D eigenvalue weighted by Gasteiger charge is 2.18. The van der Waals surface area contributed by atoms with E-state index in [9.17, 15) is 10.2 Å². The fourth-order valence-corrected chi connectivity index (χ4v) is 2.49. The van der Waals surface area contributed by atoms with Gasteiger partial charge in [-0.1, -0.05) is 23.5 Å². The second-order valence-corrected chi connectivity index (χ2v) is 5.18. The molecule has 0 bridgehead atoms. The molecule has 0 saturated heterocycles. The number of aliphatic hydroxyl groups excluding tert-OH is 1. The minimum Gasteiger partial charge on any atom is -1.00 e. The third kappa shape index (κ3) is 3.31. The highest BCUT2D eigenvalue weighted by molar-refractivity contribution is 7.09. The molecule has 1 aromatic heterocycles. The normalized spacial score (nSPS) is 11.9. The van der Waals surface area contributed by atoms with E-state index in [0.717, 1.165) is 5.56 Å². The SMILES string of the molecule is Cc1sc[n+](CC(O)c2ccc(O)cc2)c1C.[Br-]. The highest BCUT2D eigenvalue weighted by Crippen LogP contribution is 2.18. The molecule has 0 aliphatic rings. The Morgan fingerprint density at radius 2 is 1.83 bits per heavy atom. The summed E-state index contributed by atoms with van der Waals surface area (Å²) >= 11 is 1.68. The molecule has 3 nitrogen and oxygen atoms in total. The number of aliphatic hydroxyl groups is 1. The maximum Gasteiger partial charge on any atom is 0.225 e. The molecule has 0 spiro atoms. The van der Waals surface area contributed by atoms with Crippen molar-refractivity contribution in [3.05, 3.63) is 45.9 Å². The Hall–Kier alpha value is -0.910. The molecular formula is C13H16BrNO2S. The molecule has 0 fully saturated rings. The molecule has 0 aliphatic heterocycles. The molecule has 0 saturated carbocycles. The summed E-state index contributed by atoms with van der Waals surface area (Å²) in [4.78, 5) is 1.27. The molecule has 5 heteroatoms. The maximum atomic E-state index is 10.1. The molecule has 2 rings (SSSR count). The van der Waals surface area contributed by atoms with Gasteiger partial charge in [0.25, 0.3) is 0 Å². The predicted octanol–water partition coefficient (Wildman–Crippen LogP) is -0.904. The first-order chi connectivity index (χ1) is 8.08. The number of nitrogens with zero attached hydrogens (tertiary/aromatic N) is 1. The van der Waals surface area contributed by atoms with Gasteiger partial charge in [-0.25, -0.2) is 0 Å². The van der Waals surface area contributed by atoms with E-state index in [4.69, 9.17) is 0 Å². The van der Waals surface area contributed by atoms with Crippen molar-refractivity contribution in [3.63, 3.8) is 0 Å². The van der Waals surface area contributed by atoms with Crippen LogP contribution in [0.5, 0.6) is 5.75 Å². The summed E-state index contributed by atoms with van der Waals surface area (Å²) in [6, 6.07) is 6.67. The number of aromatic hydroxyl groups is 1. The van der Waals surface area contributed by atoms with Crippen LogP contribution in [-0.4, -0.2) is 10.2 Å². The Kier molecular flexibility index (Phi) is 5.31. The maximum absolute atomic E-state index is 10.1. The average Bonchev–Trinajstić information content (AvgIpc) is 2.62. The van der Waals surface area contributed by atoms with Gasteiger partial charge in [-0.2, -0.15) is 4.57 Å². The van der Waals surface area contributed by atoms with Crippen LogP contribution in [0.2, 0.25) is 0 Å². The minimum atomic E-state index is -0.548. The Morgan fingerprint density at radius 3 is 2.33 bits per heavy atom. The zero-order valence-electron chi connectivity index (χ0n) is 10.3. The van der Waals surface area contributed by atoms with Gasteiger partial charge in [0.1, 0.15) is 11.9 Å². The van der Waals surface area contributed by atoms with E-state index >= 15 is 0 Å². The van der Waals surface area contributed by atoms with Gasteiger partial charge >= 0.3 is 0 Å². The minimum absolute atomic E-state index is 0. The van der Waals surface area contributed by atoms with Crippen LogP contribution in [-0.2, 0) is 6.54 Å². The lowest BCUT2D eigenvalue weighted by Crippen LogP contribution is -3.00. The van der Waals surface area contributed by atoms with E-state index in [0.29, 0.717) is 6.54 Å². The molecule has 0 aliphatic carbocycles. The average molecular weight is 330 g/mol. The number of halogens is 1. The molecule has 2 aromatic rings. The van der Waals surface area contributed by atoms with Gasteiger partial charge in [-0.05, 0) is 24.6 Å². The highest BCUT2D eigenvalue weighted by atomic mass is 79.9. The number of aromatic nitrogens is 1. The Bertz CT molecular complexity index is 510.